The molecule has 1 heterocycles. The molecule has 1 aromatic carbocycles. The number of nitrogens with one attached hydrogen (secondary N) is 1. The lowest BCUT2D eigenvalue weighted by molar-refractivity contribution is -0.117. The van der Waals surface area contributed by atoms with E-state index in [1.807, 2.05) is 24.3 Å². The average molecular weight is 346 g/mol. The number of carbonyl (C=O) groups is 1. The largest absolute Gasteiger partial charge is 0.389 e. The fraction of sp³-hybridized carbons (Fsp3) is 0.579. The smallest absolute Gasteiger partial charge is 0.238 e. The Bertz CT molecular complexity index is 672. The first-order valence-corrected chi connectivity index (χ1v) is 9.01. The van der Waals surface area contributed by atoms with E-state index >= 15 is 0 Å². The van der Waals surface area contributed by atoms with Gasteiger partial charge in [-0.2, -0.15) is 0 Å². The van der Waals surface area contributed by atoms with Crippen LogP contribution in [0.4, 0.5) is 5.69 Å². The molecule has 1 saturated carbocycles. The molecule has 1 aromatic rings. The molecule has 2 unspecified atom stereocenters. The molecule has 130 valence electrons. The molecule has 2 fully saturated rings. The summed E-state index contributed by atoms with van der Waals surface area (Å²) in [4.78, 5) is 15.2. The molecule has 2 aliphatic rings. The zero-order valence-corrected chi connectivity index (χ0v) is 15.6. The first-order chi connectivity index (χ1) is 11.2. The Labute approximate surface area is 149 Å². The highest BCUT2D eigenvalue weighted by Gasteiger charge is 2.49. The molecular formula is C19H27N3OS. The van der Waals surface area contributed by atoms with E-state index in [2.05, 4.69) is 31.0 Å². The van der Waals surface area contributed by atoms with Gasteiger partial charge in [0.2, 0.25) is 5.91 Å². The van der Waals surface area contributed by atoms with Gasteiger partial charge in [-0.3, -0.25) is 9.69 Å². The summed E-state index contributed by atoms with van der Waals surface area (Å²) in [6.07, 6.45) is 3.60. The zero-order chi connectivity index (χ0) is 17.5. The second-order valence-electron chi connectivity index (χ2n) is 8.58. The van der Waals surface area contributed by atoms with Gasteiger partial charge in [-0.05, 0) is 42.2 Å². The molecule has 3 rings (SSSR count). The highest BCUT2D eigenvalue weighted by molar-refractivity contribution is 7.80. The van der Waals surface area contributed by atoms with Gasteiger partial charge in [-0.1, -0.05) is 45.1 Å². The van der Waals surface area contributed by atoms with Crippen molar-refractivity contribution < 1.29 is 4.79 Å². The first kappa shape index (κ1) is 17.4. The summed E-state index contributed by atoms with van der Waals surface area (Å²) in [5.74, 6) is 0.00709. The standard InChI is InChI=1S/C19H27N3OS/c1-18(2)8-13-9-19(3,11-18)12-22(13)10-16(23)21-15-7-5-4-6-14(15)17(20)24/h4-7,13H,8-12H2,1-3H3,(H2,20,24)(H,21,23). The number of hydrogen-bond acceptors (Lipinski definition) is 3. The van der Waals surface area contributed by atoms with Crippen molar-refractivity contribution in [3.05, 3.63) is 29.8 Å². The summed E-state index contributed by atoms with van der Waals surface area (Å²) >= 11 is 5.06. The van der Waals surface area contributed by atoms with Crippen LogP contribution in [0.15, 0.2) is 24.3 Å². The molecule has 2 atom stereocenters. The third-order valence-corrected chi connectivity index (χ3v) is 5.56. The molecule has 1 aliphatic carbocycles. The van der Waals surface area contributed by atoms with Crippen LogP contribution < -0.4 is 11.1 Å². The number of anilines is 1. The van der Waals surface area contributed by atoms with Gasteiger partial charge in [-0.25, -0.2) is 0 Å². The van der Waals surface area contributed by atoms with E-state index in [0.717, 1.165) is 6.54 Å². The van der Waals surface area contributed by atoms with Crippen molar-refractivity contribution in [2.45, 2.75) is 46.1 Å². The maximum atomic E-state index is 12.6. The number of likely N-dealkylation sites (tertiary alicyclic amines) is 1. The molecule has 3 N–H and O–H groups in total. The van der Waals surface area contributed by atoms with Crippen molar-refractivity contribution in [2.75, 3.05) is 18.4 Å². The minimum absolute atomic E-state index is 0.00709. The lowest BCUT2D eigenvalue weighted by Gasteiger charge is -2.39. The summed E-state index contributed by atoms with van der Waals surface area (Å²) in [6, 6.07) is 7.94. The molecule has 1 aliphatic heterocycles. The van der Waals surface area contributed by atoms with E-state index in [9.17, 15) is 4.79 Å². The number of thiocarbonyl (C=S) groups is 1. The summed E-state index contributed by atoms with van der Waals surface area (Å²) in [7, 11) is 0. The molecule has 4 nitrogen and oxygen atoms in total. The molecule has 0 radical (unpaired) electrons. The molecule has 2 bridgehead atoms. The van der Waals surface area contributed by atoms with Crippen molar-refractivity contribution >= 4 is 28.8 Å². The Morgan fingerprint density at radius 3 is 2.75 bits per heavy atom. The van der Waals surface area contributed by atoms with Gasteiger partial charge >= 0.3 is 0 Å². The van der Waals surface area contributed by atoms with Crippen LogP contribution in [0.25, 0.3) is 0 Å². The quantitative estimate of drug-likeness (QED) is 0.823. The van der Waals surface area contributed by atoms with Crippen LogP contribution >= 0.6 is 12.2 Å². The number of rotatable bonds is 4. The van der Waals surface area contributed by atoms with Gasteiger partial charge in [0.1, 0.15) is 4.99 Å². The van der Waals surface area contributed by atoms with Gasteiger partial charge in [0, 0.05) is 18.2 Å². The van der Waals surface area contributed by atoms with Gasteiger partial charge in [-0.15, -0.1) is 0 Å². The van der Waals surface area contributed by atoms with Crippen LogP contribution in [-0.2, 0) is 4.79 Å². The Morgan fingerprint density at radius 2 is 2.04 bits per heavy atom. The van der Waals surface area contributed by atoms with E-state index in [1.165, 1.54) is 19.3 Å². The summed E-state index contributed by atoms with van der Waals surface area (Å²) in [5.41, 5.74) is 7.85. The summed E-state index contributed by atoms with van der Waals surface area (Å²) < 4.78 is 0. The van der Waals surface area contributed by atoms with Crippen LogP contribution in [0, 0.1) is 10.8 Å². The van der Waals surface area contributed by atoms with Gasteiger partial charge in [0.25, 0.3) is 0 Å². The Hall–Kier alpha value is -1.46. The molecule has 1 amide bonds. The van der Waals surface area contributed by atoms with Crippen molar-refractivity contribution in [3.8, 4) is 0 Å². The predicted octanol–water partition coefficient (Wildman–Crippen LogP) is 3.16. The molecule has 0 aromatic heterocycles. The van der Waals surface area contributed by atoms with Crippen molar-refractivity contribution in [1.29, 1.82) is 0 Å². The molecule has 5 heteroatoms. The van der Waals surface area contributed by atoms with Crippen LogP contribution in [0.3, 0.4) is 0 Å². The first-order valence-electron chi connectivity index (χ1n) is 8.60. The highest BCUT2D eigenvalue weighted by atomic mass is 32.1. The number of fused-ring (bicyclic) bond motifs is 2. The van der Waals surface area contributed by atoms with Gasteiger partial charge in [0.05, 0.1) is 12.2 Å². The van der Waals surface area contributed by atoms with E-state index in [4.69, 9.17) is 18.0 Å². The molecule has 0 spiro atoms. The SMILES string of the molecule is CC1(C)CC2CC(C)(CN2CC(=O)Nc2ccccc2C(N)=S)C1. The van der Waals surface area contributed by atoms with Crippen molar-refractivity contribution in [1.82, 2.24) is 4.90 Å². The number of amides is 1. The lowest BCUT2D eigenvalue weighted by Crippen LogP contribution is -2.38. The number of nitrogens with zero attached hydrogens (tertiary/aromatic N) is 1. The third kappa shape index (κ3) is 3.62. The van der Waals surface area contributed by atoms with E-state index < -0.39 is 0 Å². The predicted molar refractivity (Wildman–Crippen MR) is 102 cm³/mol. The summed E-state index contributed by atoms with van der Waals surface area (Å²) in [6.45, 7) is 8.49. The second-order valence-corrected chi connectivity index (χ2v) is 9.02. The van der Waals surface area contributed by atoms with Crippen LogP contribution in [0.5, 0.6) is 0 Å². The molecular weight excluding hydrogens is 318 g/mol. The fourth-order valence-corrected chi connectivity index (χ4v) is 5.12. The van der Waals surface area contributed by atoms with Crippen LogP contribution in [0.1, 0.15) is 45.6 Å². The maximum absolute atomic E-state index is 12.6. The number of nitrogens with two attached hydrogens (primary N) is 1. The summed E-state index contributed by atoms with van der Waals surface area (Å²) in [5, 5.41) is 2.98. The Balaban J connectivity index is 1.67. The zero-order valence-electron chi connectivity index (χ0n) is 14.8. The van der Waals surface area contributed by atoms with E-state index in [0.29, 0.717) is 39.7 Å². The molecule has 1 saturated heterocycles. The lowest BCUT2D eigenvalue weighted by atomic mass is 9.65. The van der Waals surface area contributed by atoms with E-state index in [1.54, 1.807) is 0 Å². The normalized spacial score (nSPS) is 28.5. The number of para-hydroxylation sites is 1. The third-order valence-electron chi connectivity index (χ3n) is 5.34. The van der Waals surface area contributed by atoms with Gasteiger partial charge < -0.3 is 11.1 Å². The Kier molecular flexibility index (Phi) is 4.43. The number of carbonyl (C=O) groups excluding carboxylic acids is 1. The maximum Gasteiger partial charge on any atom is 0.238 e. The molecule has 24 heavy (non-hydrogen) atoms. The topological polar surface area (TPSA) is 58.4 Å². The average Bonchev–Trinajstić information content (AvgIpc) is 2.67. The van der Waals surface area contributed by atoms with E-state index in [-0.39, 0.29) is 5.91 Å². The Morgan fingerprint density at radius 1 is 1.33 bits per heavy atom. The van der Waals surface area contributed by atoms with Crippen molar-refractivity contribution in [3.63, 3.8) is 0 Å². The van der Waals surface area contributed by atoms with Crippen LogP contribution in [-0.4, -0.2) is 34.9 Å². The minimum Gasteiger partial charge on any atom is -0.389 e. The monoisotopic (exact) mass is 345 g/mol. The number of benzene rings is 1. The van der Waals surface area contributed by atoms with Crippen LogP contribution in [0.2, 0.25) is 0 Å². The second kappa shape index (κ2) is 6.12. The minimum atomic E-state index is 0.00709. The highest BCUT2D eigenvalue weighted by Crippen LogP contribution is 2.52. The number of hydrogen-bond donors (Lipinski definition) is 2. The van der Waals surface area contributed by atoms with Gasteiger partial charge in [0.15, 0.2) is 0 Å². The fourth-order valence-electron chi connectivity index (χ4n) is 4.94. The van der Waals surface area contributed by atoms with Crippen molar-refractivity contribution in [2.24, 2.45) is 16.6 Å².